The number of hydrogen-bond acceptors (Lipinski definition) is 9. The van der Waals surface area contributed by atoms with Crippen LogP contribution in [0.2, 0.25) is 0 Å². The number of aliphatic hydroxyl groups is 1. The Morgan fingerprint density at radius 2 is 1.82 bits per heavy atom. The number of rotatable bonds is 13. The maximum atomic E-state index is 13.1. The summed E-state index contributed by atoms with van der Waals surface area (Å²) < 4.78 is 11.1. The molecule has 11 nitrogen and oxygen atoms in total. The fourth-order valence-electron chi connectivity index (χ4n) is 4.37. The number of aryl methyl sites for hydroxylation is 1. The Morgan fingerprint density at radius 3 is 2.51 bits per heavy atom. The van der Waals surface area contributed by atoms with Crippen molar-refractivity contribution in [3.05, 3.63) is 92.3 Å². The van der Waals surface area contributed by atoms with Gasteiger partial charge in [0.2, 0.25) is 0 Å². The number of dihydropyridines is 1. The fraction of sp³-hybridized carbons (Fsp3) is 0.357. The maximum Gasteiger partial charge on any atom is 0.336 e. The van der Waals surface area contributed by atoms with E-state index in [0.717, 1.165) is 5.56 Å². The van der Waals surface area contributed by atoms with Crippen molar-refractivity contribution < 1.29 is 34.2 Å². The first-order valence-electron chi connectivity index (χ1n) is 12.5. The van der Waals surface area contributed by atoms with E-state index in [4.69, 9.17) is 9.47 Å². The number of aliphatic carboxylic acids is 1. The largest absolute Gasteiger partial charge is 0.491 e. The van der Waals surface area contributed by atoms with Gasteiger partial charge in [0.15, 0.2) is 0 Å². The van der Waals surface area contributed by atoms with Gasteiger partial charge in [-0.25, -0.2) is 9.59 Å². The van der Waals surface area contributed by atoms with E-state index in [1.165, 1.54) is 18.2 Å². The lowest BCUT2D eigenvalue weighted by Crippen LogP contribution is -2.33. The zero-order valence-electron chi connectivity index (χ0n) is 22.1. The second-order valence-electron chi connectivity index (χ2n) is 9.22. The highest BCUT2D eigenvalue weighted by atomic mass is 16.6. The van der Waals surface area contributed by atoms with Gasteiger partial charge in [0.1, 0.15) is 18.5 Å². The number of nitro benzene ring substituents is 1. The summed E-state index contributed by atoms with van der Waals surface area (Å²) in [7, 11) is 0. The summed E-state index contributed by atoms with van der Waals surface area (Å²) in [6.45, 7) is 6.05. The number of non-ortho nitro benzene ring substituents is 1. The Kier molecular flexibility index (Phi) is 10.2. The molecule has 0 spiro atoms. The third-order valence-corrected chi connectivity index (χ3v) is 6.26. The Balaban J connectivity index is 1.57. The number of aliphatic hydroxyl groups excluding tert-OH is 1. The normalized spacial score (nSPS) is 15.9. The lowest BCUT2D eigenvalue weighted by Gasteiger charge is -2.29. The van der Waals surface area contributed by atoms with Crippen molar-refractivity contribution in [1.82, 2.24) is 10.6 Å². The van der Waals surface area contributed by atoms with Gasteiger partial charge >= 0.3 is 11.9 Å². The quantitative estimate of drug-likeness (QED) is 0.129. The van der Waals surface area contributed by atoms with Gasteiger partial charge in [-0.2, -0.15) is 0 Å². The van der Waals surface area contributed by atoms with E-state index < -0.39 is 28.9 Å². The van der Waals surface area contributed by atoms with E-state index in [1.54, 1.807) is 19.9 Å². The summed E-state index contributed by atoms with van der Waals surface area (Å²) in [5.41, 5.74) is 1.81. The minimum atomic E-state index is -1.25. The molecular weight excluding hydrogens is 506 g/mol. The van der Waals surface area contributed by atoms with Crippen molar-refractivity contribution in [2.75, 3.05) is 26.3 Å². The Hall–Kier alpha value is -4.22. The van der Waals surface area contributed by atoms with E-state index in [1.807, 2.05) is 31.2 Å². The Morgan fingerprint density at radius 1 is 1.10 bits per heavy atom. The second kappa shape index (κ2) is 13.5. The average molecular weight is 540 g/mol. The zero-order chi connectivity index (χ0) is 28.5. The Labute approximate surface area is 226 Å². The van der Waals surface area contributed by atoms with Gasteiger partial charge in [0.25, 0.3) is 5.69 Å². The number of carbonyl (C=O) groups is 2. The molecule has 11 heteroatoms. The minimum Gasteiger partial charge on any atom is -0.491 e. The number of esters is 1. The fourth-order valence-corrected chi connectivity index (χ4v) is 4.37. The summed E-state index contributed by atoms with van der Waals surface area (Å²) in [6.07, 6.45) is -0.285. The average Bonchev–Trinajstić information content (AvgIpc) is 2.89. The molecule has 39 heavy (non-hydrogen) atoms. The highest BCUT2D eigenvalue weighted by Crippen LogP contribution is 2.39. The number of allylic oxidation sites excluding steroid dienone is 2. The molecular formula is C28H33N3O8. The van der Waals surface area contributed by atoms with E-state index in [9.17, 15) is 29.9 Å². The number of nitrogens with one attached hydrogen (secondary N) is 2. The molecule has 0 saturated carbocycles. The molecule has 0 amide bonds. The minimum absolute atomic E-state index is 0.0468. The van der Waals surface area contributed by atoms with Crippen LogP contribution >= 0.6 is 0 Å². The number of carboxylic acids is 1. The van der Waals surface area contributed by atoms with Gasteiger partial charge in [-0.05, 0) is 50.9 Å². The van der Waals surface area contributed by atoms with Crippen molar-refractivity contribution in [2.45, 2.75) is 39.2 Å². The molecule has 208 valence electrons. The summed E-state index contributed by atoms with van der Waals surface area (Å²) in [4.78, 5) is 36.0. The summed E-state index contributed by atoms with van der Waals surface area (Å²) in [5, 5.41) is 37.4. The molecule has 3 rings (SSSR count). The van der Waals surface area contributed by atoms with E-state index in [0.29, 0.717) is 35.7 Å². The van der Waals surface area contributed by atoms with Gasteiger partial charge in [-0.15, -0.1) is 0 Å². The predicted octanol–water partition coefficient (Wildman–Crippen LogP) is 3.19. The predicted molar refractivity (Wildman–Crippen MR) is 143 cm³/mol. The van der Waals surface area contributed by atoms with Crippen LogP contribution in [0.5, 0.6) is 5.75 Å². The SMILES string of the molecule is CC1=C(C(=O)O)C(c2cccc([N+](=O)[O-])c2)C(C(=O)OCCCNCC(O)COc2ccccc2C)=C(C)N1. The first-order valence-corrected chi connectivity index (χ1v) is 12.5. The van der Waals surface area contributed by atoms with Crippen LogP contribution in [-0.2, 0) is 14.3 Å². The number of carbonyl (C=O) groups excluding carboxylic acids is 1. The van der Waals surface area contributed by atoms with Crippen molar-refractivity contribution in [3.63, 3.8) is 0 Å². The molecule has 0 aromatic heterocycles. The molecule has 0 radical (unpaired) electrons. The number of ether oxygens (including phenoxy) is 2. The smallest absolute Gasteiger partial charge is 0.336 e. The monoisotopic (exact) mass is 539 g/mol. The molecule has 0 fully saturated rings. The van der Waals surface area contributed by atoms with E-state index in [2.05, 4.69) is 10.6 Å². The molecule has 0 saturated heterocycles. The standard InChI is InChI=1S/C28H33N3O8/c1-17-8-4-5-11-23(17)39-16-22(32)15-29-12-7-13-38-28(35)25-19(3)30-18(2)24(27(33)34)26(25)20-9-6-10-21(14-20)31(36)37/h4-6,8-11,14,22,26,29-30,32H,7,12-13,15-16H2,1-3H3,(H,33,34). The van der Waals surface area contributed by atoms with Gasteiger partial charge in [0, 0.05) is 30.1 Å². The molecule has 0 aliphatic carbocycles. The van der Waals surface area contributed by atoms with Crippen LogP contribution in [0.1, 0.15) is 37.3 Å². The lowest BCUT2D eigenvalue weighted by molar-refractivity contribution is -0.384. The third kappa shape index (κ3) is 7.65. The van der Waals surface area contributed by atoms with Crippen LogP contribution in [0.4, 0.5) is 5.69 Å². The van der Waals surface area contributed by atoms with Gasteiger partial charge < -0.3 is 30.3 Å². The maximum absolute atomic E-state index is 13.1. The van der Waals surface area contributed by atoms with Crippen molar-refractivity contribution in [3.8, 4) is 5.75 Å². The van der Waals surface area contributed by atoms with Crippen molar-refractivity contribution >= 4 is 17.6 Å². The number of carboxylic acid groups (broad SMARTS) is 1. The number of benzene rings is 2. The van der Waals surface area contributed by atoms with Crippen LogP contribution in [0.25, 0.3) is 0 Å². The van der Waals surface area contributed by atoms with Crippen LogP contribution in [0, 0.1) is 17.0 Å². The topological polar surface area (TPSA) is 160 Å². The molecule has 4 N–H and O–H groups in total. The van der Waals surface area contributed by atoms with Crippen LogP contribution < -0.4 is 15.4 Å². The highest BCUT2D eigenvalue weighted by Gasteiger charge is 2.37. The van der Waals surface area contributed by atoms with E-state index >= 15 is 0 Å². The van der Waals surface area contributed by atoms with Gasteiger partial charge in [0.05, 0.1) is 28.6 Å². The molecule has 2 unspecified atom stereocenters. The molecule has 1 aliphatic heterocycles. The summed E-state index contributed by atoms with van der Waals surface area (Å²) in [6, 6.07) is 13.1. The van der Waals surface area contributed by atoms with Gasteiger partial charge in [-0.1, -0.05) is 30.3 Å². The molecule has 0 bridgehead atoms. The van der Waals surface area contributed by atoms with Gasteiger partial charge in [-0.3, -0.25) is 10.1 Å². The van der Waals surface area contributed by atoms with Crippen LogP contribution in [0.15, 0.2) is 71.1 Å². The number of nitrogens with zero attached hydrogens (tertiary/aromatic N) is 1. The summed E-state index contributed by atoms with van der Waals surface area (Å²) in [5.74, 6) is -2.29. The third-order valence-electron chi connectivity index (χ3n) is 6.26. The molecule has 2 atom stereocenters. The first-order chi connectivity index (χ1) is 18.6. The Bertz CT molecular complexity index is 1290. The number of nitro groups is 1. The molecule has 2 aromatic rings. The van der Waals surface area contributed by atoms with E-state index in [-0.39, 0.29) is 36.6 Å². The summed E-state index contributed by atoms with van der Waals surface area (Å²) >= 11 is 0. The first kappa shape index (κ1) is 29.3. The van der Waals surface area contributed by atoms with Crippen LogP contribution in [-0.4, -0.2) is 59.5 Å². The van der Waals surface area contributed by atoms with Crippen LogP contribution in [0.3, 0.4) is 0 Å². The number of hydrogen-bond donors (Lipinski definition) is 4. The second-order valence-corrected chi connectivity index (χ2v) is 9.22. The molecule has 2 aromatic carbocycles. The molecule has 1 heterocycles. The lowest BCUT2D eigenvalue weighted by atomic mass is 9.80. The zero-order valence-corrected chi connectivity index (χ0v) is 22.1. The molecule has 1 aliphatic rings. The highest BCUT2D eigenvalue weighted by molar-refractivity contribution is 5.99. The van der Waals surface area contributed by atoms with Crippen molar-refractivity contribution in [2.24, 2.45) is 0 Å². The number of para-hydroxylation sites is 1. The van der Waals surface area contributed by atoms with Crippen molar-refractivity contribution in [1.29, 1.82) is 0 Å².